The van der Waals surface area contributed by atoms with Gasteiger partial charge in [-0.3, -0.25) is 4.79 Å². The van der Waals surface area contributed by atoms with Crippen LogP contribution in [0.2, 0.25) is 0 Å². The Kier molecular flexibility index (Phi) is 9.09. The van der Waals surface area contributed by atoms with Gasteiger partial charge in [-0.15, -0.1) is 0 Å². The summed E-state index contributed by atoms with van der Waals surface area (Å²) in [5.74, 6) is 0.955. The molecule has 0 saturated heterocycles. The molecule has 0 aromatic heterocycles. The van der Waals surface area contributed by atoms with Gasteiger partial charge in [-0.1, -0.05) is 27.7 Å². The van der Waals surface area contributed by atoms with E-state index in [0.29, 0.717) is 25.0 Å². The van der Waals surface area contributed by atoms with E-state index in [9.17, 15) is 4.79 Å². The van der Waals surface area contributed by atoms with Gasteiger partial charge in [0.05, 0.1) is 6.04 Å². The maximum atomic E-state index is 11.5. The highest BCUT2D eigenvalue weighted by molar-refractivity contribution is 5.81. The molecule has 0 radical (unpaired) electrons. The summed E-state index contributed by atoms with van der Waals surface area (Å²) in [5.41, 5.74) is 5.76. The minimum Gasteiger partial charge on any atom is -0.381 e. The van der Waals surface area contributed by atoms with Gasteiger partial charge >= 0.3 is 0 Å². The van der Waals surface area contributed by atoms with Crippen LogP contribution in [-0.2, 0) is 9.53 Å². The van der Waals surface area contributed by atoms with E-state index in [1.54, 1.807) is 0 Å². The lowest BCUT2D eigenvalue weighted by atomic mass is 10.0. The van der Waals surface area contributed by atoms with Crippen molar-refractivity contribution < 1.29 is 9.53 Å². The largest absolute Gasteiger partial charge is 0.381 e. The molecule has 0 aliphatic heterocycles. The molecule has 0 aromatic carbocycles. The van der Waals surface area contributed by atoms with Gasteiger partial charge < -0.3 is 15.8 Å². The van der Waals surface area contributed by atoms with Crippen LogP contribution < -0.4 is 11.1 Å². The zero-order valence-electron chi connectivity index (χ0n) is 11.7. The number of rotatable bonds is 9. The molecule has 0 fully saturated rings. The summed E-state index contributed by atoms with van der Waals surface area (Å²) in [6, 6.07) is -0.383. The van der Waals surface area contributed by atoms with E-state index in [0.717, 1.165) is 19.4 Å². The van der Waals surface area contributed by atoms with Gasteiger partial charge in [-0.2, -0.15) is 0 Å². The molecular formula is C13H28N2O2. The number of hydrogen-bond donors (Lipinski definition) is 2. The smallest absolute Gasteiger partial charge is 0.236 e. The van der Waals surface area contributed by atoms with Crippen molar-refractivity contribution in [1.29, 1.82) is 0 Å². The fourth-order valence-corrected chi connectivity index (χ4v) is 1.45. The fraction of sp³-hybridized carbons (Fsp3) is 0.923. The first-order chi connectivity index (χ1) is 7.93. The van der Waals surface area contributed by atoms with Gasteiger partial charge in [0.1, 0.15) is 0 Å². The lowest BCUT2D eigenvalue weighted by Crippen LogP contribution is -2.41. The van der Waals surface area contributed by atoms with Crippen LogP contribution in [0.4, 0.5) is 0 Å². The molecular weight excluding hydrogens is 216 g/mol. The first-order valence-electron chi connectivity index (χ1n) is 6.54. The molecule has 1 amide bonds. The number of carbonyl (C=O) groups excluding carboxylic acids is 1. The Bertz CT molecular complexity index is 206. The minimum atomic E-state index is -0.383. The van der Waals surface area contributed by atoms with Crippen molar-refractivity contribution in [1.82, 2.24) is 5.32 Å². The molecule has 4 heteroatoms. The molecule has 0 spiro atoms. The van der Waals surface area contributed by atoms with Gasteiger partial charge in [0, 0.05) is 19.8 Å². The SMILES string of the molecule is CC(C)COCCCNC(=O)C(N)CC(C)C. The predicted molar refractivity (Wildman–Crippen MR) is 70.7 cm³/mol. The number of ether oxygens (including phenoxy) is 1. The third-order valence-corrected chi connectivity index (χ3v) is 2.28. The summed E-state index contributed by atoms with van der Waals surface area (Å²) in [6.45, 7) is 10.5. The van der Waals surface area contributed by atoms with Gasteiger partial charge in [-0.05, 0) is 24.7 Å². The van der Waals surface area contributed by atoms with E-state index in [4.69, 9.17) is 10.5 Å². The maximum absolute atomic E-state index is 11.5. The van der Waals surface area contributed by atoms with Crippen LogP contribution in [-0.4, -0.2) is 31.7 Å². The second-order valence-electron chi connectivity index (χ2n) is 5.35. The monoisotopic (exact) mass is 244 g/mol. The fourth-order valence-electron chi connectivity index (χ4n) is 1.45. The zero-order chi connectivity index (χ0) is 13.3. The van der Waals surface area contributed by atoms with Gasteiger partial charge in [0.2, 0.25) is 5.91 Å². The number of amides is 1. The molecule has 17 heavy (non-hydrogen) atoms. The van der Waals surface area contributed by atoms with E-state index in [1.165, 1.54) is 0 Å². The third-order valence-electron chi connectivity index (χ3n) is 2.28. The number of nitrogens with two attached hydrogens (primary N) is 1. The second kappa shape index (κ2) is 9.42. The normalized spacial score (nSPS) is 13.1. The van der Waals surface area contributed by atoms with Gasteiger partial charge in [0.15, 0.2) is 0 Å². The third kappa shape index (κ3) is 10.3. The summed E-state index contributed by atoms with van der Waals surface area (Å²) < 4.78 is 5.42. The van der Waals surface area contributed by atoms with Crippen LogP contribution in [0, 0.1) is 11.8 Å². The highest BCUT2D eigenvalue weighted by atomic mass is 16.5. The Morgan fingerprint density at radius 2 is 1.88 bits per heavy atom. The van der Waals surface area contributed by atoms with E-state index < -0.39 is 0 Å². The summed E-state index contributed by atoms with van der Waals surface area (Å²) in [6.07, 6.45) is 1.57. The van der Waals surface area contributed by atoms with Crippen molar-refractivity contribution in [3.8, 4) is 0 Å². The molecule has 0 rings (SSSR count). The Hall–Kier alpha value is -0.610. The average Bonchev–Trinajstić information content (AvgIpc) is 2.21. The average molecular weight is 244 g/mol. The van der Waals surface area contributed by atoms with E-state index in [1.807, 2.05) is 0 Å². The van der Waals surface area contributed by atoms with Crippen molar-refractivity contribution in [3.63, 3.8) is 0 Å². The Labute approximate surface area is 105 Å². The van der Waals surface area contributed by atoms with Crippen LogP contribution in [0.5, 0.6) is 0 Å². The predicted octanol–water partition coefficient (Wildman–Crippen LogP) is 1.54. The van der Waals surface area contributed by atoms with E-state index in [2.05, 4.69) is 33.0 Å². The Balaban J connectivity index is 3.45. The molecule has 0 aromatic rings. The highest BCUT2D eigenvalue weighted by Gasteiger charge is 2.13. The number of hydrogen-bond acceptors (Lipinski definition) is 3. The standard InChI is InChI=1S/C13H28N2O2/c1-10(2)8-12(14)13(16)15-6-5-7-17-9-11(3)4/h10-12H,5-9,14H2,1-4H3,(H,15,16). The lowest BCUT2D eigenvalue weighted by molar-refractivity contribution is -0.122. The zero-order valence-corrected chi connectivity index (χ0v) is 11.7. The summed E-state index contributed by atoms with van der Waals surface area (Å²) in [5, 5.41) is 2.83. The molecule has 0 bridgehead atoms. The lowest BCUT2D eigenvalue weighted by Gasteiger charge is -2.14. The van der Waals surface area contributed by atoms with Crippen LogP contribution in [0.15, 0.2) is 0 Å². The second-order valence-corrected chi connectivity index (χ2v) is 5.35. The number of nitrogens with one attached hydrogen (secondary N) is 1. The van der Waals surface area contributed by atoms with Crippen molar-refractivity contribution in [2.45, 2.75) is 46.6 Å². The molecule has 1 unspecified atom stereocenters. The molecule has 102 valence electrons. The van der Waals surface area contributed by atoms with Gasteiger partial charge in [-0.25, -0.2) is 0 Å². The van der Waals surface area contributed by atoms with E-state index >= 15 is 0 Å². The molecule has 0 heterocycles. The Morgan fingerprint density at radius 3 is 2.41 bits per heavy atom. The molecule has 0 aliphatic rings. The first kappa shape index (κ1) is 16.4. The van der Waals surface area contributed by atoms with Gasteiger partial charge in [0.25, 0.3) is 0 Å². The Morgan fingerprint density at radius 1 is 1.24 bits per heavy atom. The maximum Gasteiger partial charge on any atom is 0.236 e. The van der Waals surface area contributed by atoms with Crippen LogP contribution in [0.1, 0.15) is 40.5 Å². The summed E-state index contributed by atoms with van der Waals surface area (Å²) >= 11 is 0. The summed E-state index contributed by atoms with van der Waals surface area (Å²) in [4.78, 5) is 11.5. The molecule has 3 N–H and O–H groups in total. The quantitative estimate of drug-likeness (QED) is 0.605. The molecule has 0 aliphatic carbocycles. The molecule has 4 nitrogen and oxygen atoms in total. The van der Waals surface area contributed by atoms with Crippen molar-refractivity contribution >= 4 is 5.91 Å². The topological polar surface area (TPSA) is 64.3 Å². The van der Waals surface area contributed by atoms with Crippen LogP contribution >= 0.6 is 0 Å². The van der Waals surface area contributed by atoms with Crippen LogP contribution in [0.25, 0.3) is 0 Å². The van der Waals surface area contributed by atoms with Crippen molar-refractivity contribution in [2.24, 2.45) is 17.6 Å². The highest BCUT2D eigenvalue weighted by Crippen LogP contribution is 2.02. The summed E-state index contributed by atoms with van der Waals surface area (Å²) in [7, 11) is 0. The molecule has 1 atom stereocenters. The van der Waals surface area contributed by atoms with Crippen molar-refractivity contribution in [2.75, 3.05) is 19.8 Å². The van der Waals surface area contributed by atoms with Crippen molar-refractivity contribution in [3.05, 3.63) is 0 Å². The first-order valence-corrected chi connectivity index (χ1v) is 6.54. The van der Waals surface area contributed by atoms with E-state index in [-0.39, 0.29) is 11.9 Å². The molecule has 0 saturated carbocycles. The minimum absolute atomic E-state index is 0.0532. The number of carbonyl (C=O) groups is 1. The van der Waals surface area contributed by atoms with Crippen LogP contribution in [0.3, 0.4) is 0 Å².